The molecule has 1 saturated heterocycles. The fraction of sp³-hybridized carbons (Fsp3) is 0.500. The molecule has 0 saturated carbocycles. The average molecular weight is 290 g/mol. The summed E-state index contributed by atoms with van der Waals surface area (Å²) >= 11 is 0. The molecule has 7 heteroatoms. The quantitative estimate of drug-likeness (QED) is 0.913. The smallest absolute Gasteiger partial charge is 0.246 e. The van der Waals surface area contributed by atoms with Gasteiger partial charge in [0.1, 0.15) is 16.5 Å². The minimum absolute atomic E-state index is 0.138. The van der Waals surface area contributed by atoms with Crippen molar-refractivity contribution >= 4 is 10.0 Å². The van der Waals surface area contributed by atoms with E-state index in [4.69, 9.17) is 5.73 Å². The fourth-order valence-corrected chi connectivity index (χ4v) is 4.00. The Bertz CT molecular complexity index is 583. The van der Waals surface area contributed by atoms with Crippen molar-refractivity contribution in [2.75, 3.05) is 13.1 Å². The number of benzene rings is 1. The number of halogens is 2. The topological polar surface area (TPSA) is 63.4 Å². The van der Waals surface area contributed by atoms with Crippen LogP contribution in [0.25, 0.3) is 0 Å². The molecule has 1 heterocycles. The van der Waals surface area contributed by atoms with Crippen LogP contribution in [0.5, 0.6) is 0 Å². The van der Waals surface area contributed by atoms with Gasteiger partial charge in [-0.1, -0.05) is 13.3 Å². The van der Waals surface area contributed by atoms with Gasteiger partial charge < -0.3 is 5.73 Å². The number of hydrogen-bond donors (Lipinski definition) is 1. The highest BCUT2D eigenvalue weighted by Gasteiger charge is 2.45. The Morgan fingerprint density at radius 2 is 2.00 bits per heavy atom. The van der Waals surface area contributed by atoms with Crippen molar-refractivity contribution in [2.45, 2.75) is 30.2 Å². The summed E-state index contributed by atoms with van der Waals surface area (Å²) in [6.45, 7) is 2.23. The normalized spacial score (nSPS) is 19.2. The second kappa shape index (κ2) is 4.81. The van der Waals surface area contributed by atoms with Gasteiger partial charge in [0.15, 0.2) is 0 Å². The molecule has 4 nitrogen and oxygen atoms in total. The first-order valence-electron chi connectivity index (χ1n) is 6.02. The number of sulfonamides is 1. The highest BCUT2D eigenvalue weighted by molar-refractivity contribution is 7.89. The lowest BCUT2D eigenvalue weighted by molar-refractivity contribution is 0.146. The van der Waals surface area contributed by atoms with Crippen LogP contribution in [0.3, 0.4) is 0 Å². The third kappa shape index (κ3) is 2.63. The first-order valence-corrected chi connectivity index (χ1v) is 7.46. The van der Waals surface area contributed by atoms with Gasteiger partial charge in [-0.25, -0.2) is 17.2 Å². The zero-order valence-electron chi connectivity index (χ0n) is 10.6. The summed E-state index contributed by atoms with van der Waals surface area (Å²) in [6, 6.07) is 2.39. The van der Waals surface area contributed by atoms with E-state index < -0.39 is 32.1 Å². The van der Waals surface area contributed by atoms with Gasteiger partial charge in [0, 0.05) is 18.6 Å². The molecule has 0 amide bonds. The Balaban J connectivity index is 2.24. The van der Waals surface area contributed by atoms with Crippen LogP contribution in [0.15, 0.2) is 23.1 Å². The third-order valence-electron chi connectivity index (χ3n) is 3.24. The van der Waals surface area contributed by atoms with E-state index in [-0.39, 0.29) is 13.1 Å². The van der Waals surface area contributed by atoms with Crippen LogP contribution in [-0.4, -0.2) is 31.4 Å². The predicted octanol–water partition coefficient (Wildman–Crippen LogP) is 1.47. The molecule has 0 aromatic heterocycles. The second-order valence-electron chi connectivity index (χ2n) is 4.96. The van der Waals surface area contributed by atoms with Gasteiger partial charge in [0.25, 0.3) is 0 Å². The molecule has 1 aromatic carbocycles. The van der Waals surface area contributed by atoms with E-state index in [1.54, 1.807) is 0 Å². The molecule has 106 valence electrons. The van der Waals surface area contributed by atoms with Crippen molar-refractivity contribution in [2.24, 2.45) is 5.73 Å². The molecule has 2 N–H and O–H groups in total. The molecule has 0 radical (unpaired) electrons. The predicted molar refractivity (Wildman–Crippen MR) is 66.9 cm³/mol. The van der Waals surface area contributed by atoms with Gasteiger partial charge >= 0.3 is 0 Å². The third-order valence-corrected chi connectivity index (χ3v) is 5.05. The minimum atomic E-state index is -4.01. The van der Waals surface area contributed by atoms with Crippen LogP contribution >= 0.6 is 0 Å². The van der Waals surface area contributed by atoms with Gasteiger partial charge in [0.05, 0.1) is 0 Å². The van der Waals surface area contributed by atoms with E-state index in [0.29, 0.717) is 12.5 Å². The summed E-state index contributed by atoms with van der Waals surface area (Å²) < 4.78 is 52.0. The zero-order chi connectivity index (χ0) is 14.3. The summed E-state index contributed by atoms with van der Waals surface area (Å²) in [6.07, 6.45) is 1.55. The zero-order valence-corrected chi connectivity index (χ0v) is 11.4. The Hall–Kier alpha value is -1.05. The summed E-state index contributed by atoms with van der Waals surface area (Å²) in [5.41, 5.74) is 5.42. The van der Waals surface area contributed by atoms with Crippen LogP contribution in [-0.2, 0) is 10.0 Å². The van der Waals surface area contributed by atoms with E-state index in [1.165, 1.54) is 0 Å². The van der Waals surface area contributed by atoms with Crippen molar-refractivity contribution in [3.8, 4) is 0 Å². The maximum atomic E-state index is 13.5. The highest BCUT2D eigenvalue weighted by Crippen LogP contribution is 2.30. The van der Waals surface area contributed by atoms with Gasteiger partial charge in [-0.15, -0.1) is 0 Å². The number of rotatable bonds is 4. The molecule has 1 aliphatic rings. The highest BCUT2D eigenvalue weighted by atomic mass is 32.2. The van der Waals surface area contributed by atoms with Crippen molar-refractivity contribution < 1.29 is 17.2 Å². The molecule has 0 bridgehead atoms. The molecule has 0 unspecified atom stereocenters. The monoisotopic (exact) mass is 290 g/mol. The average Bonchev–Trinajstić information content (AvgIpc) is 2.29. The van der Waals surface area contributed by atoms with Gasteiger partial charge in [0.2, 0.25) is 10.0 Å². The van der Waals surface area contributed by atoms with Gasteiger partial charge in [-0.2, -0.15) is 4.31 Å². The molecule has 1 aromatic rings. The lowest BCUT2D eigenvalue weighted by Gasteiger charge is -2.46. The molecule has 0 aliphatic carbocycles. The van der Waals surface area contributed by atoms with Crippen molar-refractivity contribution in [3.05, 3.63) is 29.8 Å². The summed E-state index contributed by atoms with van der Waals surface area (Å²) in [4.78, 5) is -0.633. The van der Waals surface area contributed by atoms with Crippen LogP contribution in [0, 0.1) is 11.6 Å². The summed E-state index contributed by atoms with van der Waals surface area (Å²) in [5.74, 6) is -1.74. The minimum Gasteiger partial charge on any atom is -0.323 e. The maximum Gasteiger partial charge on any atom is 0.246 e. The van der Waals surface area contributed by atoms with Crippen LogP contribution in [0.1, 0.15) is 19.8 Å². The van der Waals surface area contributed by atoms with Crippen molar-refractivity contribution in [3.63, 3.8) is 0 Å². The van der Waals surface area contributed by atoms with Crippen molar-refractivity contribution in [1.82, 2.24) is 4.31 Å². The van der Waals surface area contributed by atoms with E-state index in [9.17, 15) is 17.2 Å². The summed E-state index contributed by atoms with van der Waals surface area (Å²) in [7, 11) is -4.01. The van der Waals surface area contributed by atoms with E-state index in [2.05, 4.69) is 0 Å². The Labute approximate surface area is 111 Å². The molecular formula is C12H16F2N2O2S. The van der Waals surface area contributed by atoms with Crippen LogP contribution < -0.4 is 5.73 Å². The van der Waals surface area contributed by atoms with E-state index >= 15 is 0 Å². The Morgan fingerprint density at radius 1 is 1.37 bits per heavy atom. The lowest BCUT2D eigenvalue weighted by atomic mass is 9.89. The largest absolute Gasteiger partial charge is 0.323 e. The molecular weight excluding hydrogens is 274 g/mol. The SMILES string of the molecule is CCCC1(N)CN(S(=O)(=O)c2cc(F)ccc2F)C1. The Kier molecular flexibility index (Phi) is 3.63. The van der Waals surface area contributed by atoms with Gasteiger partial charge in [-0.05, 0) is 24.6 Å². The first-order chi connectivity index (χ1) is 8.78. The van der Waals surface area contributed by atoms with Crippen molar-refractivity contribution in [1.29, 1.82) is 0 Å². The molecule has 1 aliphatic heterocycles. The lowest BCUT2D eigenvalue weighted by Crippen LogP contribution is -2.68. The number of nitrogens with two attached hydrogens (primary N) is 1. The number of hydrogen-bond acceptors (Lipinski definition) is 3. The van der Waals surface area contributed by atoms with E-state index in [0.717, 1.165) is 22.9 Å². The molecule has 19 heavy (non-hydrogen) atoms. The number of nitrogens with zero attached hydrogens (tertiary/aromatic N) is 1. The first kappa shape index (κ1) is 14.4. The van der Waals surface area contributed by atoms with Crippen LogP contribution in [0.2, 0.25) is 0 Å². The standard InChI is InChI=1S/C12H16F2N2O2S/c1-2-5-12(15)7-16(8-12)19(17,18)11-6-9(13)3-4-10(11)14/h3-4,6H,2,5,7-8,15H2,1H3. The van der Waals surface area contributed by atoms with Gasteiger partial charge in [-0.3, -0.25) is 0 Å². The van der Waals surface area contributed by atoms with E-state index in [1.807, 2.05) is 6.92 Å². The molecule has 1 fully saturated rings. The molecule has 2 rings (SSSR count). The summed E-state index contributed by atoms with van der Waals surface area (Å²) in [5, 5.41) is 0. The fourth-order valence-electron chi connectivity index (χ4n) is 2.30. The second-order valence-corrected chi connectivity index (χ2v) is 6.87. The Morgan fingerprint density at radius 3 is 2.58 bits per heavy atom. The van der Waals surface area contributed by atoms with Crippen LogP contribution in [0.4, 0.5) is 8.78 Å². The molecule has 0 spiro atoms. The maximum absolute atomic E-state index is 13.5. The molecule has 0 atom stereocenters.